The highest BCUT2D eigenvalue weighted by atomic mass is 16.5. The lowest BCUT2D eigenvalue weighted by Crippen LogP contribution is -2.34. The summed E-state index contributed by atoms with van der Waals surface area (Å²) < 4.78 is 5.75. The van der Waals surface area contributed by atoms with Gasteiger partial charge in [0.2, 0.25) is 0 Å². The van der Waals surface area contributed by atoms with E-state index < -0.39 is 0 Å². The smallest absolute Gasteiger partial charge is 0.124 e. The molecule has 1 aliphatic rings. The molecule has 16 heavy (non-hydrogen) atoms. The molecule has 1 aromatic carbocycles. The Balaban J connectivity index is 2.01. The highest BCUT2D eigenvalue weighted by molar-refractivity contribution is 5.28. The van der Waals surface area contributed by atoms with Crippen LogP contribution in [0.3, 0.4) is 0 Å². The molecule has 0 radical (unpaired) electrons. The van der Waals surface area contributed by atoms with Gasteiger partial charge in [-0.2, -0.15) is 0 Å². The summed E-state index contributed by atoms with van der Waals surface area (Å²) in [6.07, 6.45) is 3.47. The number of rotatable bonds is 3. The average molecular weight is 222 g/mol. The van der Waals surface area contributed by atoms with Crippen LogP contribution < -0.4 is 4.74 Å². The largest absolute Gasteiger partial charge is 0.488 e. The van der Waals surface area contributed by atoms with Gasteiger partial charge in [-0.15, -0.1) is 0 Å². The molecule has 1 aliphatic carbocycles. The first-order chi connectivity index (χ1) is 7.79. The predicted octanol–water partition coefficient (Wildman–Crippen LogP) is 1.86. The second-order valence-electron chi connectivity index (χ2n) is 4.31. The monoisotopic (exact) mass is 222 g/mol. The van der Waals surface area contributed by atoms with E-state index in [4.69, 9.17) is 9.84 Å². The van der Waals surface area contributed by atoms with Gasteiger partial charge in [0.05, 0.1) is 12.7 Å². The first-order valence-corrected chi connectivity index (χ1v) is 5.84. The molecule has 3 nitrogen and oxygen atoms in total. The van der Waals surface area contributed by atoms with Gasteiger partial charge < -0.3 is 14.9 Å². The van der Waals surface area contributed by atoms with Crippen molar-refractivity contribution in [3.63, 3.8) is 0 Å². The van der Waals surface area contributed by atoms with Crippen LogP contribution in [0.4, 0.5) is 0 Å². The predicted molar refractivity (Wildman–Crippen MR) is 61.3 cm³/mol. The normalized spacial score (nSPS) is 25.4. The Kier molecular flexibility index (Phi) is 3.80. The quantitative estimate of drug-likeness (QED) is 0.820. The zero-order chi connectivity index (χ0) is 11.4. The molecule has 0 unspecified atom stereocenters. The lowest BCUT2D eigenvalue weighted by Gasteiger charge is -2.28. The number of aliphatic hydroxyl groups is 2. The number of aliphatic hydroxyl groups excluding tert-OH is 2. The molecule has 2 rings (SSSR count). The number of ether oxygens (including phenoxy) is 1. The molecule has 1 aromatic rings. The fraction of sp³-hybridized carbons (Fsp3) is 0.538. The van der Waals surface area contributed by atoms with E-state index in [1.54, 1.807) is 0 Å². The van der Waals surface area contributed by atoms with Crippen molar-refractivity contribution in [3.05, 3.63) is 29.8 Å². The summed E-state index contributed by atoms with van der Waals surface area (Å²) in [6.45, 7) is 0.0183. The summed E-state index contributed by atoms with van der Waals surface area (Å²) in [7, 11) is 0. The number of benzene rings is 1. The molecule has 0 aliphatic heterocycles. The van der Waals surface area contributed by atoms with Gasteiger partial charge in [0.25, 0.3) is 0 Å². The van der Waals surface area contributed by atoms with Gasteiger partial charge in [0, 0.05) is 0 Å². The van der Waals surface area contributed by atoms with Crippen molar-refractivity contribution >= 4 is 0 Å². The van der Waals surface area contributed by atoms with E-state index >= 15 is 0 Å². The summed E-state index contributed by atoms with van der Waals surface area (Å²) in [5, 5.41) is 18.8. The van der Waals surface area contributed by atoms with Crippen molar-refractivity contribution in [1.29, 1.82) is 0 Å². The van der Waals surface area contributed by atoms with Crippen molar-refractivity contribution < 1.29 is 14.9 Å². The maximum atomic E-state index is 9.78. The lowest BCUT2D eigenvalue weighted by molar-refractivity contribution is 0.00680. The van der Waals surface area contributed by atoms with Crippen molar-refractivity contribution in [2.75, 3.05) is 0 Å². The molecule has 0 heterocycles. The third-order valence-corrected chi connectivity index (χ3v) is 3.04. The van der Waals surface area contributed by atoms with E-state index in [1.165, 1.54) is 0 Å². The maximum absolute atomic E-state index is 9.78. The number of hydrogen-bond acceptors (Lipinski definition) is 3. The van der Waals surface area contributed by atoms with E-state index in [-0.39, 0.29) is 18.8 Å². The topological polar surface area (TPSA) is 49.7 Å². The summed E-state index contributed by atoms with van der Waals surface area (Å²) in [6, 6.07) is 7.39. The molecule has 0 aromatic heterocycles. The van der Waals surface area contributed by atoms with Gasteiger partial charge in [0.15, 0.2) is 0 Å². The summed E-state index contributed by atoms with van der Waals surface area (Å²) in [5.74, 6) is 0.734. The molecule has 1 saturated carbocycles. The standard InChI is InChI=1S/C13H18O3/c14-9-10-4-3-5-11(8-10)16-13-7-2-1-6-12(13)15/h3-5,8,12-15H,1-2,6-7,9H2/t12-,13-/m1/s1. The molecule has 88 valence electrons. The minimum absolute atomic E-state index is 0.0183. The van der Waals surface area contributed by atoms with Crippen LogP contribution in [-0.4, -0.2) is 22.4 Å². The molecular weight excluding hydrogens is 204 g/mol. The van der Waals surface area contributed by atoms with Crippen LogP contribution in [0.5, 0.6) is 5.75 Å². The SMILES string of the molecule is OCc1cccc(O[C@@H]2CCCC[C@H]2O)c1. The molecule has 1 fully saturated rings. The van der Waals surface area contributed by atoms with Crippen LogP contribution >= 0.6 is 0 Å². The highest BCUT2D eigenvalue weighted by Crippen LogP contribution is 2.24. The number of hydrogen-bond donors (Lipinski definition) is 2. The van der Waals surface area contributed by atoms with Gasteiger partial charge in [-0.3, -0.25) is 0 Å². The van der Waals surface area contributed by atoms with Gasteiger partial charge in [-0.05, 0) is 37.0 Å². The molecule has 0 spiro atoms. The Labute approximate surface area is 95.7 Å². The summed E-state index contributed by atoms with van der Waals surface area (Å²) in [5.41, 5.74) is 0.836. The minimum atomic E-state index is -0.355. The molecule has 3 heteroatoms. The van der Waals surface area contributed by atoms with Gasteiger partial charge in [0.1, 0.15) is 11.9 Å². The molecule has 2 N–H and O–H groups in total. The molecule has 0 amide bonds. The zero-order valence-electron chi connectivity index (χ0n) is 9.30. The second kappa shape index (κ2) is 5.32. The third-order valence-electron chi connectivity index (χ3n) is 3.04. The highest BCUT2D eigenvalue weighted by Gasteiger charge is 2.24. The summed E-state index contributed by atoms with van der Waals surface area (Å²) >= 11 is 0. The minimum Gasteiger partial charge on any atom is -0.488 e. The first-order valence-electron chi connectivity index (χ1n) is 5.84. The summed E-state index contributed by atoms with van der Waals surface area (Å²) in [4.78, 5) is 0. The first kappa shape index (κ1) is 11.4. The third kappa shape index (κ3) is 2.74. The Hall–Kier alpha value is -1.06. The maximum Gasteiger partial charge on any atom is 0.124 e. The zero-order valence-corrected chi connectivity index (χ0v) is 9.30. The molecule has 0 bridgehead atoms. The van der Waals surface area contributed by atoms with Crippen LogP contribution in [0.1, 0.15) is 31.2 Å². The van der Waals surface area contributed by atoms with Crippen molar-refractivity contribution in [1.82, 2.24) is 0 Å². The molecule has 2 atom stereocenters. The van der Waals surface area contributed by atoms with Gasteiger partial charge in [-0.25, -0.2) is 0 Å². The van der Waals surface area contributed by atoms with E-state index in [1.807, 2.05) is 24.3 Å². The second-order valence-corrected chi connectivity index (χ2v) is 4.31. The Bertz CT molecular complexity index is 338. The fourth-order valence-corrected chi connectivity index (χ4v) is 2.11. The van der Waals surface area contributed by atoms with E-state index in [9.17, 15) is 5.11 Å². The van der Waals surface area contributed by atoms with Crippen molar-refractivity contribution in [2.24, 2.45) is 0 Å². The average Bonchev–Trinajstić information content (AvgIpc) is 2.32. The van der Waals surface area contributed by atoms with Crippen LogP contribution in [0, 0.1) is 0 Å². The fourth-order valence-electron chi connectivity index (χ4n) is 2.11. The van der Waals surface area contributed by atoms with Crippen LogP contribution in [-0.2, 0) is 6.61 Å². The van der Waals surface area contributed by atoms with Gasteiger partial charge >= 0.3 is 0 Å². The van der Waals surface area contributed by atoms with Crippen LogP contribution in [0.15, 0.2) is 24.3 Å². The van der Waals surface area contributed by atoms with Gasteiger partial charge in [-0.1, -0.05) is 18.6 Å². The Morgan fingerprint density at radius 2 is 2.06 bits per heavy atom. The Morgan fingerprint density at radius 1 is 1.25 bits per heavy atom. The van der Waals surface area contributed by atoms with Crippen molar-refractivity contribution in [3.8, 4) is 5.75 Å². The van der Waals surface area contributed by atoms with Crippen molar-refractivity contribution in [2.45, 2.75) is 44.5 Å². The Morgan fingerprint density at radius 3 is 2.81 bits per heavy atom. The molecule has 0 saturated heterocycles. The molecular formula is C13H18O3. The van der Waals surface area contributed by atoms with Crippen LogP contribution in [0.2, 0.25) is 0 Å². The lowest BCUT2D eigenvalue weighted by atomic mass is 9.95. The van der Waals surface area contributed by atoms with E-state index in [0.717, 1.165) is 37.0 Å². The van der Waals surface area contributed by atoms with E-state index in [2.05, 4.69) is 0 Å². The van der Waals surface area contributed by atoms with E-state index in [0.29, 0.717) is 0 Å². The van der Waals surface area contributed by atoms with Crippen LogP contribution in [0.25, 0.3) is 0 Å².